The third-order valence-electron chi connectivity index (χ3n) is 1.96. The third-order valence-corrected chi connectivity index (χ3v) is 1.96. The van der Waals surface area contributed by atoms with Crippen molar-refractivity contribution in [3.63, 3.8) is 0 Å². The molecule has 0 bridgehead atoms. The summed E-state index contributed by atoms with van der Waals surface area (Å²) in [7, 11) is 0. The highest BCUT2D eigenvalue weighted by Gasteiger charge is 2.22. The Labute approximate surface area is 109 Å². The van der Waals surface area contributed by atoms with Crippen LogP contribution in [0.2, 0.25) is 0 Å². The number of hydrogen-bond donors (Lipinski definition) is 2. The number of ether oxygens (including phenoxy) is 1. The highest BCUT2D eigenvalue weighted by atomic mass is 16.6. The van der Waals surface area contributed by atoms with Crippen molar-refractivity contribution in [3.8, 4) is 0 Å². The number of hydrogen-bond acceptors (Lipinski definition) is 3. The van der Waals surface area contributed by atoms with Gasteiger partial charge in [0, 0.05) is 6.54 Å². The molecular formula is C13H24N2O3. The summed E-state index contributed by atoms with van der Waals surface area (Å²) in [6, 6.07) is -0.635. The van der Waals surface area contributed by atoms with Gasteiger partial charge >= 0.3 is 6.09 Å². The Kier molecular flexibility index (Phi) is 7.08. The first kappa shape index (κ1) is 16.5. The Hall–Kier alpha value is -1.52. The van der Waals surface area contributed by atoms with E-state index in [0.29, 0.717) is 13.0 Å². The van der Waals surface area contributed by atoms with Gasteiger partial charge in [-0.25, -0.2) is 4.79 Å². The maximum atomic E-state index is 11.8. The van der Waals surface area contributed by atoms with Gasteiger partial charge < -0.3 is 15.4 Å². The van der Waals surface area contributed by atoms with Gasteiger partial charge in [-0.05, 0) is 33.6 Å². The van der Waals surface area contributed by atoms with Crippen LogP contribution in [0.1, 0.15) is 40.5 Å². The molecule has 0 saturated heterocycles. The lowest BCUT2D eigenvalue weighted by atomic mass is 10.2. The molecule has 5 heteroatoms. The van der Waals surface area contributed by atoms with Crippen molar-refractivity contribution >= 4 is 12.0 Å². The maximum absolute atomic E-state index is 11.8. The van der Waals surface area contributed by atoms with E-state index in [-0.39, 0.29) is 5.91 Å². The molecule has 0 aliphatic rings. The molecule has 0 saturated carbocycles. The van der Waals surface area contributed by atoms with Crippen molar-refractivity contribution in [2.24, 2.45) is 0 Å². The predicted molar refractivity (Wildman–Crippen MR) is 71.3 cm³/mol. The largest absolute Gasteiger partial charge is 0.444 e. The van der Waals surface area contributed by atoms with Gasteiger partial charge in [-0.15, -0.1) is 6.58 Å². The van der Waals surface area contributed by atoms with Crippen LogP contribution in [0, 0.1) is 0 Å². The fourth-order valence-corrected chi connectivity index (χ4v) is 1.22. The zero-order valence-electron chi connectivity index (χ0n) is 11.7. The number of nitrogens with one attached hydrogen (secondary N) is 2. The number of rotatable bonds is 6. The molecule has 0 aromatic rings. The van der Waals surface area contributed by atoms with E-state index < -0.39 is 17.7 Å². The molecule has 0 aromatic carbocycles. The van der Waals surface area contributed by atoms with Crippen LogP contribution in [-0.2, 0) is 9.53 Å². The van der Waals surface area contributed by atoms with Gasteiger partial charge in [-0.1, -0.05) is 13.0 Å². The molecule has 0 rings (SSSR count). The number of carbonyl (C=O) groups excluding carboxylic acids is 2. The molecule has 1 atom stereocenters. The Morgan fingerprint density at radius 3 is 2.44 bits per heavy atom. The summed E-state index contributed by atoms with van der Waals surface area (Å²) in [6.45, 7) is 11.4. The minimum absolute atomic E-state index is 0.220. The van der Waals surface area contributed by atoms with Crippen LogP contribution in [0.25, 0.3) is 0 Å². The summed E-state index contributed by atoms with van der Waals surface area (Å²) in [6.07, 6.45) is 2.21. The lowest BCUT2D eigenvalue weighted by Gasteiger charge is -2.22. The molecule has 0 spiro atoms. The van der Waals surface area contributed by atoms with E-state index >= 15 is 0 Å². The fraction of sp³-hybridized carbons (Fsp3) is 0.692. The summed E-state index contributed by atoms with van der Waals surface area (Å²) in [5.74, 6) is -0.220. The Bertz CT molecular complexity index is 295. The van der Waals surface area contributed by atoms with Crippen molar-refractivity contribution in [1.82, 2.24) is 10.6 Å². The molecule has 0 heterocycles. The summed E-state index contributed by atoms with van der Waals surface area (Å²) in [5.41, 5.74) is -0.581. The van der Waals surface area contributed by atoms with Gasteiger partial charge in [-0.2, -0.15) is 0 Å². The van der Waals surface area contributed by atoms with E-state index in [0.717, 1.165) is 6.42 Å². The molecular weight excluding hydrogens is 232 g/mol. The molecule has 2 amide bonds. The first-order valence-electron chi connectivity index (χ1n) is 6.18. The van der Waals surface area contributed by atoms with E-state index in [1.54, 1.807) is 26.8 Å². The maximum Gasteiger partial charge on any atom is 0.408 e. The zero-order chi connectivity index (χ0) is 14.2. The van der Waals surface area contributed by atoms with Gasteiger partial charge in [0.2, 0.25) is 5.91 Å². The van der Waals surface area contributed by atoms with Gasteiger partial charge in [0.05, 0.1) is 0 Å². The molecule has 2 N–H and O–H groups in total. The van der Waals surface area contributed by atoms with Crippen LogP contribution in [0.5, 0.6) is 0 Å². The molecule has 0 aliphatic carbocycles. The lowest BCUT2D eigenvalue weighted by Crippen LogP contribution is -2.48. The van der Waals surface area contributed by atoms with Crippen LogP contribution in [0.4, 0.5) is 4.79 Å². The summed E-state index contributed by atoms with van der Waals surface area (Å²) < 4.78 is 5.10. The quantitative estimate of drug-likeness (QED) is 0.714. The van der Waals surface area contributed by atoms with Crippen LogP contribution in [0.3, 0.4) is 0 Å². The fourth-order valence-electron chi connectivity index (χ4n) is 1.22. The van der Waals surface area contributed by atoms with Crippen molar-refractivity contribution in [2.75, 3.05) is 6.54 Å². The molecule has 5 nitrogen and oxygen atoms in total. The predicted octanol–water partition coefficient (Wildman–Crippen LogP) is 1.98. The molecule has 18 heavy (non-hydrogen) atoms. The zero-order valence-corrected chi connectivity index (χ0v) is 11.7. The second kappa shape index (κ2) is 7.74. The lowest BCUT2D eigenvalue weighted by molar-refractivity contribution is -0.123. The van der Waals surface area contributed by atoms with E-state index in [9.17, 15) is 9.59 Å². The molecule has 1 unspecified atom stereocenters. The number of carbonyl (C=O) groups is 2. The van der Waals surface area contributed by atoms with Crippen molar-refractivity contribution in [1.29, 1.82) is 0 Å². The Morgan fingerprint density at radius 2 is 2.00 bits per heavy atom. The third kappa shape index (κ3) is 7.70. The average molecular weight is 256 g/mol. The minimum Gasteiger partial charge on any atom is -0.444 e. The molecule has 104 valence electrons. The first-order valence-corrected chi connectivity index (χ1v) is 6.18. The SMILES string of the molecule is C=CCC(NC(=O)OC(C)(C)C)C(=O)NCCC. The highest BCUT2D eigenvalue weighted by Crippen LogP contribution is 2.07. The Morgan fingerprint density at radius 1 is 1.39 bits per heavy atom. The second-order valence-electron chi connectivity index (χ2n) is 5.01. The molecule has 0 aliphatic heterocycles. The number of amides is 2. The van der Waals surface area contributed by atoms with E-state index in [1.807, 2.05) is 6.92 Å². The van der Waals surface area contributed by atoms with Gasteiger partial charge in [0.15, 0.2) is 0 Å². The topological polar surface area (TPSA) is 67.4 Å². The van der Waals surface area contributed by atoms with Crippen molar-refractivity contribution in [2.45, 2.75) is 52.2 Å². The molecule has 0 aromatic heterocycles. The van der Waals surface area contributed by atoms with E-state index in [2.05, 4.69) is 17.2 Å². The normalized spacial score (nSPS) is 12.4. The van der Waals surface area contributed by atoms with E-state index in [1.165, 1.54) is 0 Å². The summed E-state index contributed by atoms with van der Waals surface area (Å²) >= 11 is 0. The number of alkyl carbamates (subject to hydrolysis) is 1. The van der Waals surface area contributed by atoms with Gasteiger partial charge in [0.25, 0.3) is 0 Å². The average Bonchev–Trinajstić information content (AvgIpc) is 2.22. The first-order chi connectivity index (χ1) is 8.30. The highest BCUT2D eigenvalue weighted by molar-refractivity contribution is 5.85. The van der Waals surface area contributed by atoms with Crippen LogP contribution >= 0.6 is 0 Å². The second-order valence-corrected chi connectivity index (χ2v) is 5.01. The van der Waals surface area contributed by atoms with Crippen LogP contribution < -0.4 is 10.6 Å². The smallest absolute Gasteiger partial charge is 0.408 e. The Balaban J connectivity index is 4.38. The standard InChI is InChI=1S/C13H24N2O3/c1-6-8-10(11(16)14-9-7-2)15-12(17)18-13(3,4)5/h6,10H,1,7-9H2,2-5H3,(H,14,16)(H,15,17). The van der Waals surface area contributed by atoms with Crippen LogP contribution in [0.15, 0.2) is 12.7 Å². The summed E-state index contributed by atoms with van der Waals surface area (Å²) in [5, 5.41) is 5.27. The molecule has 0 radical (unpaired) electrons. The molecule has 0 fully saturated rings. The van der Waals surface area contributed by atoms with Gasteiger partial charge in [0.1, 0.15) is 11.6 Å². The van der Waals surface area contributed by atoms with Crippen molar-refractivity contribution in [3.05, 3.63) is 12.7 Å². The van der Waals surface area contributed by atoms with E-state index in [4.69, 9.17) is 4.74 Å². The monoisotopic (exact) mass is 256 g/mol. The summed E-state index contributed by atoms with van der Waals surface area (Å²) in [4.78, 5) is 23.3. The van der Waals surface area contributed by atoms with Gasteiger partial charge in [-0.3, -0.25) is 4.79 Å². The minimum atomic E-state index is -0.635. The van der Waals surface area contributed by atoms with Crippen LogP contribution in [-0.4, -0.2) is 30.2 Å². The van der Waals surface area contributed by atoms with Crippen molar-refractivity contribution < 1.29 is 14.3 Å².